The zero-order valence-corrected chi connectivity index (χ0v) is 16.1. The largest absolute Gasteiger partial charge is 0.366 e. The van der Waals surface area contributed by atoms with Crippen molar-refractivity contribution in [1.82, 2.24) is 19.4 Å². The normalized spacial score (nSPS) is 11.0. The minimum absolute atomic E-state index is 0.0666. The van der Waals surface area contributed by atoms with Crippen LogP contribution >= 0.6 is 0 Å². The Morgan fingerprint density at radius 3 is 2.28 bits per heavy atom. The number of nitrogens with zero attached hydrogens (tertiary/aromatic N) is 4. The third-order valence-electron chi connectivity index (χ3n) is 3.90. The second-order valence-corrected chi connectivity index (χ2v) is 7.48. The molecule has 4 aromatic rings. The van der Waals surface area contributed by atoms with Crippen LogP contribution in [0.1, 0.15) is 15.9 Å². The van der Waals surface area contributed by atoms with Crippen molar-refractivity contribution in [3.63, 3.8) is 0 Å². The predicted octanol–water partition coefficient (Wildman–Crippen LogP) is 2.13. The summed E-state index contributed by atoms with van der Waals surface area (Å²) < 4.78 is 31.4. The molecule has 3 aromatic heterocycles. The van der Waals surface area contributed by atoms with Gasteiger partial charge in [0.15, 0.2) is 5.82 Å². The van der Waals surface area contributed by atoms with Gasteiger partial charge in [-0.05, 0) is 31.2 Å². The van der Waals surface area contributed by atoms with Gasteiger partial charge < -0.3 is 10.1 Å². The molecule has 1 amide bonds. The van der Waals surface area contributed by atoms with Gasteiger partial charge in [-0.2, -0.15) is 8.42 Å². The van der Waals surface area contributed by atoms with E-state index in [-0.39, 0.29) is 4.90 Å². The van der Waals surface area contributed by atoms with Crippen LogP contribution in [0.25, 0.3) is 17.0 Å². The van der Waals surface area contributed by atoms with E-state index in [2.05, 4.69) is 15.0 Å². The number of imidazole rings is 1. The van der Waals surface area contributed by atoms with Gasteiger partial charge in [0.05, 0.1) is 10.5 Å². The highest BCUT2D eigenvalue weighted by Gasteiger charge is 2.07. The van der Waals surface area contributed by atoms with Crippen LogP contribution in [0, 0.1) is 6.92 Å². The van der Waals surface area contributed by atoms with Crippen LogP contribution < -0.4 is 5.73 Å². The maximum atomic E-state index is 10.9. The van der Waals surface area contributed by atoms with Crippen LogP contribution in [0.2, 0.25) is 0 Å². The molecule has 3 N–H and O–H groups in total. The monoisotopic (exact) mass is 411 g/mol. The van der Waals surface area contributed by atoms with Gasteiger partial charge in [0.25, 0.3) is 16.0 Å². The summed E-state index contributed by atoms with van der Waals surface area (Å²) in [5.74, 6) is 0.00205. The molecule has 0 aliphatic carbocycles. The number of aromatic nitrogens is 4. The predicted molar refractivity (Wildman–Crippen MR) is 106 cm³/mol. The molecule has 3 heterocycles. The van der Waals surface area contributed by atoms with Gasteiger partial charge in [-0.1, -0.05) is 17.7 Å². The van der Waals surface area contributed by atoms with Gasteiger partial charge in [0.2, 0.25) is 0 Å². The number of benzene rings is 1. The Labute approximate surface area is 166 Å². The lowest BCUT2D eigenvalue weighted by atomic mass is 10.2. The van der Waals surface area contributed by atoms with Crippen LogP contribution in [0.3, 0.4) is 0 Å². The lowest BCUT2D eigenvalue weighted by Crippen LogP contribution is -2.11. The van der Waals surface area contributed by atoms with E-state index in [0.29, 0.717) is 11.4 Å². The van der Waals surface area contributed by atoms with Crippen LogP contribution in [0.15, 0.2) is 72.3 Å². The molecule has 0 aliphatic rings. The van der Waals surface area contributed by atoms with E-state index in [0.717, 1.165) is 16.8 Å². The maximum Gasteiger partial charge on any atom is 0.294 e. The number of aryl methyl sites for hydroxylation is 1. The highest BCUT2D eigenvalue weighted by atomic mass is 32.2. The van der Waals surface area contributed by atoms with Crippen molar-refractivity contribution >= 4 is 21.7 Å². The molecule has 0 radical (unpaired) electrons. The third-order valence-corrected chi connectivity index (χ3v) is 4.77. The van der Waals surface area contributed by atoms with Gasteiger partial charge in [-0.3, -0.25) is 9.35 Å². The third kappa shape index (κ3) is 5.00. The molecule has 9 nitrogen and oxygen atoms in total. The van der Waals surface area contributed by atoms with Gasteiger partial charge in [0, 0.05) is 36.5 Å². The highest BCUT2D eigenvalue weighted by Crippen LogP contribution is 2.15. The molecule has 0 unspecified atom stereocenters. The second-order valence-electron chi connectivity index (χ2n) is 6.06. The molecule has 29 heavy (non-hydrogen) atoms. The maximum absolute atomic E-state index is 10.9. The molecule has 0 saturated heterocycles. The zero-order valence-electron chi connectivity index (χ0n) is 15.3. The zero-order chi connectivity index (χ0) is 21.0. The van der Waals surface area contributed by atoms with Crippen LogP contribution in [-0.2, 0) is 10.1 Å². The van der Waals surface area contributed by atoms with Crippen molar-refractivity contribution in [3.8, 4) is 11.4 Å². The summed E-state index contributed by atoms with van der Waals surface area (Å²) in [6, 6.07) is 9.74. The van der Waals surface area contributed by atoms with Crippen molar-refractivity contribution in [2.24, 2.45) is 5.73 Å². The highest BCUT2D eigenvalue weighted by molar-refractivity contribution is 7.85. The Balaban J connectivity index is 0.000000188. The molecule has 0 bridgehead atoms. The van der Waals surface area contributed by atoms with E-state index in [1.165, 1.54) is 24.5 Å². The summed E-state index contributed by atoms with van der Waals surface area (Å²) in [5.41, 5.74) is 8.08. The van der Waals surface area contributed by atoms with E-state index in [4.69, 9.17) is 10.3 Å². The molecule has 0 aliphatic heterocycles. The van der Waals surface area contributed by atoms with E-state index >= 15 is 0 Å². The summed E-state index contributed by atoms with van der Waals surface area (Å²) in [6.45, 7) is 1.84. The average molecular weight is 411 g/mol. The lowest BCUT2D eigenvalue weighted by Gasteiger charge is -2.01. The molecule has 10 heteroatoms. The minimum atomic E-state index is -4.02. The minimum Gasteiger partial charge on any atom is -0.366 e. The number of pyridine rings is 1. The fourth-order valence-electron chi connectivity index (χ4n) is 2.37. The second kappa shape index (κ2) is 8.17. The molecule has 0 atom stereocenters. The molecular formula is C19H17N5O4S. The van der Waals surface area contributed by atoms with Gasteiger partial charge in [-0.25, -0.2) is 15.0 Å². The first-order chi connectivity index (χ1) is 13.7. The molecule has 1 aromatic carbocycles. The van der Waals surface area contributed by atoms with Crippen molar-refractivity contribution < 1.29 is 17.8 Å². The number of carbonyl (C=O) groups is 1. The number of rotatable bonds is 3. The van der Waals surface area contributed by atoms with E-state index < -0.39 is 16.0 Å². The fraction of sp³-hybridized carbons (Fsp3) is 0.0526. The van der Waals surface area contributed by atoms with Gasteiger partial charge in [0.1, 0.15) is 5.65 Å². The SMILES string of the molecule is Cc1ccc(S(=O)(=O)O)cc1.NC(=O)c1cnc(-c2ccc3nccn3c2)nc1. The van der Waals surface area contributed by atoms with Crippen molar-refractivity contribution in [3.05, 3.63) is 78.5 Å². The Morgan fingerprint density at radius 2 is 1.69 bits per heavy atom. The number of carbonyl (C=O) groups excluding carboxylic acids is 1. The van der Waals surface area contributed by atoms with Crippen LogP contribution in [0.4, 0.5) is 0 Å². The molecule has 4 rings (SSSR count). The summed E-state index contributed by atoms with van der Waals surface area (Å²) in [6.07, 6.45) is 8.28. The number of fused-ring (bicyclic) bond motifs is 1. The number of nitrogens with two attached hydrogens (primary N) is 1. The lowest BCUT2D eigenvalue weighted by molar-refractivity contribution is 0.0999. The first kappa shape index (κ1) is 20.1. The Hall–Kier alpha value is -3.63. The van der Waals surface area contributed by atoms with Gasteiger partial charge in [-0.15, -0.1) is 0 Å². The molecule has 0 fully saturated rings. The van der Waals surface area contributed by atoms with Crippen molar-refractivity contribution in [2.45, 2.75) is 11.8 Å². The first-order valence-electron chi connectivity index (χ1n) is 8.33. The topological polar surface area (TPSA) is 141 Å². The number of primary amides is 1. The quantitative estimate of drug-likeness (QED) is 0.492. The smallest absolute Gasteiger partial charge is 0.294 e. The Kier molecular flexibility index (Phi) is 5.66. The molecular weight excluding hydrogens is 394 g/mol. The van der Waals surface area contributed by atoms with E-state index in [1.807, 2.05) is 35.9 Å². The molecule has 0 spiro atoms. The van der Waals surface area contributed by atoms with E-state index in [1.54, 1.807) is 18.3 Å². The summed E-state index contributed by atoms with van der Waals surface area (Å²) in [5, 5.41) is 0. The van der Waals surface area contributed by atoms with E-state index in [9.17, 15) is 13.2 Å². The summed E-state index contributed by atoms with van der Waals surface area (Å²) in [4.78, 5) is 23.2. The van der Waals surface area contributed by atoms with Crippen molar-refractivity contribution in [2.75, 3.05) is 0 Å². The Morgan fingerprint density at radius 1 is 1.03 bits per heavy atom. The summed E-state index contributed by atoms with van der Waals surface area (Å²) >= 11 is 0. The molecule has 0 saturated carbocycles. The van der Waals surface area contributed by atoms with Gasteiger partial charge >= 0.3 is 0 Å². The Bertz CT molecular complexity index is 1250. The first-order valence-corrected chi connectivity index (χ1v) is 9.77. The van der Waals surface area contributed by atoms with Crippen LogP contribution in [-0.4, -0.2) is 38.2 Å². The number of hydrogen-bond acceptors (Lipinski definition) is 6. The summed E-state index contributed by atoms with van der Waals surface area (Å²) in [7, 11) is -4.02. The van der Waals surface area contributed by atoms with Crippen LogP contribution in [0.5, 0.6) is 0 Å². The number of hydrogen-bond donors (Lipinski definition) is 2. The standard InChI is InChI=1S/C12H9N5O.C7H8O3S/c13-11(18)9-5-15-12(16-6-9)8-1-2-10-14-3-4-17(10)7-8;1-6-2-4-7(5-3-6)11(8,9)10/h1-7H,(H2,13,18);2-5H,1H3,(H,8,9,10). The number of amides is 1. The van der Waals surface area contributed by atoms with Crippen molar-refractivity contribution in [1.29, 1.82) is 0 Å². The average Bonchev–Trinajstić information content (AvgIpc) is 3.16. The molecule has 148 valence electrons. The fourth-order valence-corrected chi connectivity index (χ4v) is 2.85.